The molecule has 0 bridgehead atoms. The van der Waals surface area contributed by atoms with Gasteiger partial charge in [-0.25, -0.2) is 0 Å². The molecule has 4 heterocycles. The lowest BCUT2D eigenvalue weighted by molar-refractivity contribution is -0.157. The number of hydrogen-bond donors (Lipinski definition) is 0. The Balaban J connectivity index is 1.60. The first-order chi connectivity index (χ1) is 13.7. The average Bonchev–Trinajstić information content (AvgIpc) is 3.30. The maximum atomic E-state index is 13.1. The Morgan fingerprint density at radius 3 is 2.86 bits per heavy atom. The predicted molar refractivity (Wildman–Crippen MR) is 118 cm³/mol. The molecule has 0 aliphatic carbocycles. The standard InChI is InChI=1S/C24H33NO3S/c1-6-24(21(26)28-22(3,4)5)14-23(16-29-24)11-9-19-17(2)7-8-20(25(19)15-23)18-10-12-27-13-18/h6,9-13,17,19-20H,1,7-8,14-16H2,2-5H3/t17-,19+,20+,23+,24-/m1/s1. The Morgan fingerprint density at radius 1 is 1.41 bits per heavy atom. The zero-order valence-corrected chi connectivity index (χ0v) is 18.8. The molecule has 1 aromatic heterocycles. The molecule has 1 spiro atoms. The molecule has 3 aliphatic rings. The number of furan rings is 1. The number of rotatable bonds is 3. The van der Waals surface area contributed by atoms with Crippen LogP contribution in [0.1, 0.15) is 58.6 Å². The van der Waals surface area contributed by atoms with Gasteiger partial charge >= 0.3 is 5.97 Å². The van der Waals surface area contributed by atoms with E-state index in [4.69, 9.17) is 9.15 Å². The van der Waals surface area contributed by atoms with Crippen LogP contribution in [0.25, 0.3) is 0 Å². The van der Waals surface area contributed by atoms with Gasteiger partial charge in [0.2, 0.25) is 0 Å². The van der Waals surface area contributed by atoms with E-state index in [1.165, 1.54) is 12.0 Å². The second kappa shape index (κ2) is 7.35. The van der Waals surface area contributed by atoms with Crippen molar-refractivity contribution in [1.82, 2.24) is 4.90 Å². The fourth-order valence-electron chi connectivity index (χ4n) is 5.17. The maximum absolute atomic E-state index is 13.1. The monoisotopic (exact) mass is 415 g/mol. The summed E-state index contributed by atoms with van der Waals surface area (Å²) in [5.41, 5.74) is 0.733. The third kappa shape index (κ3) is 3.84. The molecule has 0 aromatic carbocycles. The quantitative estimate of drug-likeness (QED) is 0.490. The van der Waals surface area contributed by atoms with Gasteiger partial charge < -0.3 is 9.15 Å². The summed E-state index contributed by atoms with van der Waals surface area (Å²) in [5, 5.41) is 0. The van der Waals surface area contributed by atoms with Gasteiger partial charge in [0.1, 0.15) is 10.3 Å². The normalized spacial score (nSPS) is 37.4. The Kier molecular flexibility index (Phi) is 5.27. The molecular formula is C24H33NO3S. The number of piperidine rings is 1. The van der Waals surface area contributed by atoms with Crippen molar-refractivity contribution in [2.45, 2.75) is 69.4 Å². The van der Waals surface area contributed by atoms with Crippen LogP contribution in [0.15, 0.2) is 47.8 Å². The first-order valence-corrected chi connectivity index (χ1v) is 11.6. The van der Waals surface area contributed by atoms with Crippen molar-refractivity contribution in [3.63, 3.8) is 0 Å². The van der Waals surface area contributed by atoms with Gasteiger partial charge in [-0.2, -0.15) is 0 Å². The van der Waals surface area contributed by atoms with E-state index >= 15 is 0 Å². The minimum absolute atomic E-state index is 0.0364. The van der Waals surface area contributed by atoms with E-state index in [0.29, 0.717) is 18.0 Å². The maximum Gasteiger partial charge on any atom is 0.326 e. The molecule has 0 unspecified atom stereocenters. The van der Waals surface area contributed by atoms with Crippen molar-refractivity contribution in [1.29, 1.82) is 0 Å². The van der Waals surface area contributed by atoms with Crippen molar-refractivity contribution >= 4 is 17.7 Å². The largest absolute Gasteiger partial charge is 0.472 e. The van der Waals surface area contributed by atoms with Crippen LogP contribution in [-0.2, 0) is 9.53 Å². The fraction of sp³-hybridized carbons (Fsp3) is 0.625. The summed E-state index contributed by atoms with van der Waals surface area (Å²) in [6.07, 6.45) is 13.4. The Hall–Kier alpha value is -1.46. The summed E-state index contributed by atoms with van der Waals surface area (Å²) < 4.78 is 10.5. The number of esters is 1. The molecule has 4 nitrogen and oxygen atoms in total. The number of hydrogen-bond acceptors (Lipinski definition) is 5. The summed E-state index contributed by atoms with van der Waals surface area (Å²) in [7, 11) is 0. The van der Waals surface area contributed by atoms with Gasteiger partial charge in [-0.05, 0) is 52.0 Å². The van der Waals surface area contributed by atoms with Gasteiger partial charge in [-0.1, -0.05) is 25.2 Å². The molecule has 0 N–H and O–H groups in total. The zero-order valence-electron chi connectivity index (χ0n) is 18.0. The predicted octanol–water partition coefficient (Wildman–Crippen LogP) is 5.38. The van der Waals surface area contributed by atoms with Crippen molar-refractivity contribution in [2.75, 3.05) is 12.3 Å². The third-order valence-corrected chi connectivity index (χ3v) is 8.35. The molecule has 1 aromatic rings. The van der Waals surface area contributed by atoms with E-state index in [1.807, 2.05) is 33.1 Å². The molecule has 5 atom stereocenters. The van der Waals surface area contributed by atoms with Gasteiger partial charge in [0, 0.05) is 35.4 Å². The van der Waals surface area contributed by atoms with Crippen molar-refractivity contribution in [2.24, 2.45) is 11.3 Å². The van der Waals surface area contributed by atoms with Crippen LogP contribution in [0.2, 0.25) is 0 Å². The van der Waals surface area contributed by atoms with Crippen LogP contribution in [0, 0.1) is 11.3 Å². The van der Waals surface area contributed by atoms with Crippen LogP contribution >= 0.6 is 11.8 Å². The molecule has 4 rings (SSSR count). The van der Waals surface area contributed by atoms with E-state index in [9.17, 15) is 4.79 Å². The van der Waals surface area contributed by atoms with Crippen LogP contribution in [0.3, 0.4) is 0 Å². The smallest absolute Gasteiger partial charge is 0.326 e. The van der Waals surface area contributed by atoms with E-state index in [0.717, 1.165) is 25.1 Å². The van der Waals surface area contributed by atoms with E-state index in [-0.39, 0.29) is 11.4 Å². The summed E-state index contributed by atoms with van der Waals surface area (Å²) >= 11 is 1.69. The second-order valence-corrected chi connectivity index (χ2v) is 11.4. The lowest BCUT2D eigenvalue weighted by Crippen LogP contribution is -2.53. The molecule has 158 valence electrons. The molecule has 5 heteroatoms. The van der Waals surface area contributed by atoms with Crippen molar-refractivity contribution in [3.05, 3.63) is 49.0 Å². The number of thioether (sulfide) groups is 1. The number of fused-ring (bicyclic) bond motifs is 1. The lowest BCUT2D eigenvalue weighted by Gasteiger charge is -2.50. The highest BCUT2D eigenvalue weighted by Gasteiger charge is 2.55. The van der Waals surface area contributed by atoms with Gasteiger partial charge in [0.25, 0.3) is 0 Å². The topological polar surface area (TPSA) is 42.7 Å². The zero-order chi connectivity index (χ0) is 20.9. The third-order valence-electron chi connectivity index (χ3n) is 6.64. The minimum Gasteiger partial charge on any atom is -0.472 e. The van der Waals surface area contributed by atoms with Crippen LogP contribution in [-0.4, -0.2) is 39.6 Å². The van der Waals surface area contributed by atoms with Crippen LogP contribution in [0.4, 0.5) is 0 Å². The average molecular weight is 416 g/mol. The van der Waals surface area contributed by atoms with Gasteiger partial charge in [0.05, 0.1) is 12.5 Å². The van der Waals surface area contributed by atoms with Crippen molar-refractivity contribution in [3.8, 4) is 0 Å². The number of nitrogens with zero attached hydrogens (tertiary/aromatic N) is 1. The number of carbonyl (C=O) groups excluding carboxylic acids is 1. The van der Waals surface area contributed by atoms with Gasteiger partial charge in [-0.15, -0.1) is 18.3 Å². The highest BCUT2D eigenvalue weighted by atomic mass is 32.2. The van der Waals surface area contributed by atoms with E-state index < -0.39 is 10.3 Å². The van der Waals surface area contributed by atoms with Crippen molar-refractivity contribution < 1.29 is 13.9 Å². The Morgan fingerprint density at radius 2 is 2.21 bits per heavy atom. The molecule has 0 amide bonds. The molecule has 2 saturated heterocycles. The Labute approximate surface area is 178 Å². The lowest BCUT2D eigenvalue weighted by atomic mass is 9.73. The van der Waals surface area contributed by atoms with E-state index in [2.05, 4.69) is 36.6 Å². The molecule has 0 radical (unpaired) electrons. The van der Waals surface area contributed by atoms with Crippen LogP contribution < -0.4 is 0 Å². The Bertz CT molecular complexity index is 796. The molecular weight excluding hydrogens is 382 g/mol. The first kappa shape index (κ1) is 20.8. The highest BCUT2D eigenvalue weighted by Crippen LogP contribution is 2.55. The summed E-state index contributed by atoms with van der Waals surface area (Å²) in [5.74, 6) is 1.39. The SMILES string of the molecule is C=C[C@]1(C(=O)OC(C)(C)C)C[C@]2(C=C[C@H]3[C@H](C)CC[C@@H](c4ccoc4)N3C2)CS1. The molecule has 3 aliphatic heterocycles. The summed E-state index contributed by atoms with van der Waals surface area (Å²) in [6.45, 7) is 13.1. The fourth-order valence-corrected chi connectivity index (χ4v) is 6.67. The van der Waals surface area contributed by atoms with Gasteiger partial charge in [-0.3, -0.25) is 9.69 Å². The molecule has 2 fully saturated rings. The minimum atomic E-state index is -0.670. The number of carbonyl (C=O) groups is 1. The summed E-state index contributed by atoms with van der Waals surface area (Å²) in [4.78, 5) is 15.7. The highest BCUT2D eigenvalue weighted by molar-refractivity contribution is 8.01. The summed E-state index contributed by atoms with van der Waals surface area (Å²) in [6, 6.07) is 2.92. The number of ether oxygens (including phenoxy) is 1. The van der Waals surface area contributed by atoms with Gasteiger partial charge in [0.15, 0.2) is 0 Å². The molecule has 0 saturated carbocycles. The second-order valence-electron chi connectivity index (χ2n) is 10.1. The van der Waals surface area contributed by atoms with E-state index in [1.54, 1.807) is 18.0 Å². The first-order valence-electron chi connectivity index (χ1n) is 10.7. The van der Waals surface area contributed by atoms with Crippen LogP contribution in [0.5, 0.6) is 0 Å². The molecule has 29 heavy (non-hydrogen) atoms.